The molecule has 1 N–H and O–H groups in total. The molecule has 1 fully saturated rings. The zero-order chi connectivity index (χ0) is 21.9. The monoisotopic (exact) mass is 429 g/mol. The van der Waals surface area contributed by atoms with Crippen LogP contribution in [-0.2, 0) is 21.7 Å². The van der Waals surface area contributed by atoms with Crippen molar-refractivity contribution in [1.29, 1.82) is 0 Å². The first-order valence-corrected chi connectivity index (χ1v) is 9.95. The summed E-state index contributed by atoms with van der Waals surface area (Å²) in [6.07, 6.45) is 0.351. The molecule has 0 spiro atoms. The SMILES string of the molecule is CC[C@@]1(c2ccc(Cl)cc2)NC(=O)N(CC(=O)N(C)Cc2cccc(OC)c2)C1=O. The largest absolute Gasteiger partial charge is 0.497 e. The van der Waals surface area contributed by atoms with Gasteiger partial charge in [0.15, 0.2) is 0 Å². The number of nitrogens with zero attached hydrogens (tertiary/aromatic N) is 2. The van der Waals surface area contributed by atoms with Crippen molar-refractivity contribution < 1.29 is 19.1 Å². The van der Waals surface area contributed by atoms with E-state index in [1.807, 2.05) is 31.2 Å². The standard InChI is InChI=1S/C22H24ClN3O4/c1-4-22(16-8-10-17(23)11-9-16)20(28)26(21(29)24-22)14-19(27)25(2)13-15-6-5-7-18(12-15)30-3/h5-12H,4,13-14H2,1-3H3,(H,24,29)/t22-/m0/s1. The van der Waals surface area contributed by atoms with E-state index in [0.717, 1.165) is 10.5 Å². The van der Waals surface area contributed by atoms with Gasteiger partial charge in [-0.05, 0) is 41.8 Å². The maximum atomic E-state index is 13.2. The molecule has 8 heteroatoms. The first-order valence-electron chi connectivity index (χ1n) is 9.57. The number of amides is 4. The second-order valence-corrected chi connectivity index (χ2v) is 7.62. The number of ether oxygens (including phenoxy) is 1. The molecular formula is C22H24ClN3O4. The van der Waals surface area contributed by atoms with Crippen LogP contribution >= 0.6 is 11.6 Å². The molecule has 1 aliphatic rings. The van der Waals surface area contributed by atoms with Crippen molar-refractivity contribution in [3.8, 4) is 5.75 Å². The summed E-state index contributed by atoms with van der Waals surface area (Å²) in [7, 11) is 3.21. The van der Waals surface area contributed by atoms with Gasteiger partial charge in [-0.1, -0.05) is 42.8 Å². The van der Waals surface area contributed by atoms with Crippen LogP contribution in [0.4, 0.5) is 4.79 Å². The first kappa shape index (κ1) is 21.6. The lowest BCUT2D eigenvalue weighted by Crippen LogP contribution is -2.45. The third-order valence-electron chi connectivity index (χ3n) is 5.32. The van der Waals surface area contributed by atoms with Gasteiger partial charge in [-0.3, -0.25) is 14.5 Å². The number of halogens is 1. The fraction of sp³-hybridized carbons (Fsp3) is 0.318. The van der Waals surface area contributed by atoms with Gasteiger partial charge in [-0.25, -0.2) is 4.79 Å². The van der Waals surface area contributed by atoms with Crippen LogP contribution in [0.25, 0.3) is 0 Å². The molecule has 1 aliphatic heterocycles. The zero-order valence-electron chi connectivity index (χ0n) is 17.1. The van der Waals surface area contributed by atoms with E-state index in [2.05, 4.69) is 5.32 Å². The van der Waals surface area contributed by atoms with Crippen LogP contribution in [0.5, 0.6) is 5.75 Å². The van der Waals surface area contributed by atoms with E-state index in [-0.39, 0.29) is 12.5 Å². The van der Waals surface area contributed by atoms with E-state index in [0.29, 0.717) is 29.3 Å². The molecule has 7 nitrogen and oxygen atoms in total. The van der Waals surface area contributed by atoms with E-state index in [4.69, 9.17) is 16.3 Å². The Balaban J connectivity index is 1.74. The minimum absolute atomic E-state index is 0.329. The molecule has 0 aliphatic carbocycles. The molecule has 0 aromatic heterocycles. The summed E-state index contributed by atoms with van der Waals surface area (Å²) in [6.45, 7) is 1.81. The quantitative estimate of drug-likeness (QED) is 0.686. The third-order valence-corrected chi connectivity index (χ3v) is 5.57. The summed E-state index contributed by atoms with van der Waals surface area (Å²) < 4.78 is 5.20. The number of hydrogen-bond acceptors (Lipinski definition) is 4. The molecule has 158 valence electrons. The Morgan fingerprint density at radius 1 is 1.20 bits per heavy atom. The molecule has 2 aromatic rings. The van der Waals surface area contributed by atoms with Gasteiger partial charge < -0.3 is 15.0 Å². The Kier molecular flexibility index (Phi) is 6.31. The fourth-order valence-electron chi connectivity index (χ4n) is 3.53. The van der Waals surface area contributed by atoms with Crippen molar-refractivity contribution in [2.24, 2.45) is 0 Å². The lowest BCUT2D eigenvalue weighted by molar-refractivity contribution is -0.138. The van der Waals surface area contributed by atoms with E-state index in [1.165, 1.54) is 4.90 Å². The highest BCUT2D eigenvalue weighted by Gasteiger charge is 2.51. The minimum Gasteiger partial charge on any atom is -0.497 e. The summed E-state index contributed by atoms with van der Waals surface area (Å²) >= 11 is 5.95. The summed E-state index contributed by atoms with van der Waals surface area (Å²) in [4.78, 5) is 40.9. The van der Waals surface area contributed by atoms with Gasteiger partial charge >= 0.3 is 6.03 Å². The van der Waals surface area contributed by atoms with Gasteiger partial charge in [0.2, 0.25) is 5.91 Å². The van der Waals surface area contributed by atoms with E-state index >= 15 is 0 Å². The lowest BCUT2D eigenvalue weighted by atomic mass is 9.87. The summed E-state index contributed by atoms with van der Waals surface area (Å²) in [5, 5.41) is 3.30. The van der Waals surface area contributed by atoms with Crippen molar-refractivity contribution in [2.75, 3.05) is 20.7 Å². The number of methoxy groups -OCH3 is 1. The number of urea groups is 1. The second kappa shape index (κ2) is 8.75. The Hall–Kier alpha value is -3.06. The lowest BCUT2D eigenvalue weighted by Gasteiger charge is -2.26. The van der Waals surface area contributed by atoms with E-state index < -0.39 is 17.5 Å². The molecule has 3 rings (SSSR count). The molecule has 1 saturated heterocycles. The van der Waals surface area contributed by atoms with E-state index in [9.17, 15) is 14.4 Å². The van der Waals surface area contributed by atoms with Crippen molar-refractivity contribution in [3.63, 3.8) is 0 Å². The van der Waals surface area contributed by atoms with Crippen molar-refractivity contribution in [3.05, 3.63) is 64.7 Å². The topological polar surface area (TPSA) is 79.0 Å². The van der Waals surface area contributed by atoms with Gasteiger partial charge in [0.1, 0.15) is 17.8 Å². The van der Waals surface area contributed by atoms with Crippen LogP contribution < -0.4 is 10.1 Å². The number of carbonyl (C=O) groups excluding carboxylic acids is 3. The Bertz CT molecular complexity index is 963. The molecular weight excluding hydrogens is 406 g/mol. The van der Waals surface area contributed by atoms with Gasteiger partial charge in [0.25, 0.3) is 5.91 Å². The van der Waals surface area contributed by atoms with Crippen LogP contribution in [0.15, 0.2) is 48.5 Å². The maximum Gasteiger partial charge on any atom is 0.325 e. The maximum absolute atomic E-state index is 13.2. The smallest absolute Gasteiger partial charge is 0.325 e. The summed E-state index contributed by atoms with van der Waals surface area (Å²) in [5.41, 5.74) is 0.312. The average molecular weight is 430 g/mol. The predicted molar refractivity (Wildman–Crippen MR) is 113 cm³/mol. The van der Waals surface area contributed by atoms with Crippen LogP contribution in [0.1, 0.15) is 24.5 Å². The predicted octanol–water partition coefficient (Wildman–Crippen LogP) is 3.16. The molecule has 1 atom stereocenters. The number of likely N-dealkylation sites (N-methyl/N-ethyl adjacent to an activating group) is 1. The van der Waals surface area contributed by atoms with Crippen molar-refractivity contribution in [1.82, 2.24) is 15.1 Å². The first-order chi connectivity index (χ1) is 14.3. The van der Waals surface area contributed by atoms with Crippen molar-refractivity contribution in [2.45, 2.75) is 25.4 Å². The molecule has 0 radical (unpaired) electrons. The zero-order valence-corrected chi connectivity index (χ0v) is 17.9. The third kappa shape index (κ3) is 4.11. The highest BCUT2D eigenvalue weighted by atomic mass is 35.5. The number of benzene rings is 2. The number of hydrogen-bond donors (Lipinski definition) is 1. The minimum atomic E-state index is -1.20. The van der Waals surface area contributed by atoms with Crippen molar-refractivity contribution >= 4 is 29.4 Å². The number of nitrogens with one attached hydrogen (secondary N) is 1. The molecule has 0 unspecified atom stereocenters. The number of rotatable bonds is 7. The Labute approximate surface area is 180 Å². The molecule has 2 aromatic carbocycles. The fourth-order valence-corrected chi connectivity index (χ4v) is 3.66. The van der Waals surface area contributed by atoms with Gasteiger partial charge in [0.05, 0.1) is 7.11 Å². The second-order valence-electron chi connectivity index (χ2n) is 7.19. The van der Waals surface area contributed by atoms with Crippen LogP contribution in [0, 0.1) is 0 Å². The van der Waals surface area contributed by atoms with E-state index in [1.54, 1.807) is 38.4 Å². The normalized spacial score (nSPS) is 18.3. The Morgan fingerprint density at radius 3 is 2.53 bits per heavy atom. The van der Waals surface area contributed by atoms with Crippen LogP contribution in [0.2, 0.25) is 5.02 Å². The summed E-state index contributed by atoms with van der Waals surface area (Å²) in [6, 6.07) is 13.6. The molecule has 30 heavy (non-hydrogen) atoms. The highest BCUT2D eigenvalue weighted by molar-refractivity contribution is 6.30. The average Bonchev–Trinajstić information content (AvgIpc) is 2.99. The van der Waals surface area contributed by atoms with Crippen LogP contribution in [-0.4, -0.2) is 48.3 Å². The highest BCUT2D eigenvalue weighted by Crippen LogP contribution is 2.33. The Morgan fingerprint density at radius 2 is 1.90 bits per heavy atom. The molecule has 1 heterocycles. The number of carbonyl (C=O) groups is 3. The van der Waals surface area contributed by atoms with Gasteiger partial charge in [-0.15, -0.1) is 0 Å². The number of imide groups is 1. The molecule has 4 amide bonds. The summed E-state index contributed by atoms with van der Waals surface area (Å²) in [5.74, 6) is -0.0945. The van der Waals surface area contributed by atoms with Gasteiger partial charge in [0, 0.05) is 18.6 Å². The van der Waals surface area contributed by atoms with Gasteiger partial charge in [-0.2, -0.15) is 0 Å². The molecule has 0 saturated carbocycles. The molecule has 0 bridgehead atoms. The van der Waals surface area contributed by atoms with Crippen LogP contribution in [0.3, 0.4) is 0 Å².